The van der Waals surface area contributed by atoms with Crippen molar-refractivity contribution in [3.05, 3.63) is 71.2 Å². The van der Waals surface area contributed by atoms with Gasteiger partial charge in [0.1, 0.15) is 5.16 Å². The second kappa shape index (κ2) is 6.25. The fraction of sp³-hybridized carbons (Fsp3) is 0.188. The van der Waals surface area contributed by atoms with Crippen LogP contribution in [0, 0.1) is 0 Å². The molecule has 1 amide bonds. The number of rotatable bonds is 4. The molecule has 1 aromatic rings. The van der Waals surface area contributed by atoms with E-state index in [1.807, 2.05) is 48.6 Å². The summed E-state index contributed by atoms with van der Waals surface area (Å²) in [6, 6.07) is 8.90. The molecule has 22 heavy (non-hydrogen) atoms. The predicted octanol–water partition coefficient (Wildman–Crippen LogP) is 1.56. The van der Waals surface area contributed by atoms with Gasteiger partial charge in [-0.25, -0.2) is 0 Å². The molecule has 2 aliphatic heterocycles. The largest absolute Gasteiger partial charge is 0.394 e. The van der Waals surface area contributed by atoms with Crippen LogP contribution < -0.4 is 10.6 Å². The lowest BCUT2D eigenvalue weighted by atomic mass is 10.1. The predicted molar refractivity (Wildman–Crippen MR) is 84.3 cm³/mol. The molecule has 2 heterocycles. The highest BCUT2D eigenvalue weighted by atomic mass is 35.5. The number of benzene rings is 1. The van der Waals surface area contributed by atoms with Gasteiger partial charge in [-0.1, -0.05) is 48.0 Å². The minimum atomic E-state index is -0.624. The molecule has 114 valence electrons. The minimum Gasteiger partial charge on any atom is -0.394 e. The van der Waals surface area contributed by atoms with E-state index in [9.17, 15) is 9.90 Å². The third-order valence-corrected chi connectivity index (χ3v) is 3.91. The third kappa shape index (κ3) is 2.73. The zero-order valence-electron chi connectivity index (χ0n) is 11.7. The van der Waals surface area contributed by atoms with Crippen molar-refractivity contribution in [2.75, 3.05) is 6.61 Å². The Bertz CT molecular complexity index is 655. The number of aliphatic hydroxyl groups is 1. The van der Waals surface area contributed by atoms with Crippen LogP contribution in [0.2, 0.25) is 0 Å². The molecule has 0 spiro atoms. The molecule has 6 heteroatoms. The average Bonchev–Trinajstić information content (AvgIpc) is 2.91. The Hall–Kier alpha value is -2.24. The van der Waals surface area contributed by atoms with Crippen LogP contribution in [0.1, 0.15) is 11.6 Å². The molecule has 3 rings (SSSR count). The first-order chi connectivity index (χ1) is 10.7. The molecule has 0 radical (unpaired) electrons. The highest BCUT2D eigenvalue weighted by Crippen LogP contribution is 2.27. The summed E-state index contributed by atoms with van der Waals surface area (Å²) in [7, 11) is 0. The van der Waals surface area contributed by atoms with E-state index in [1.165, 1.54) is 0 Å². The minimum absolute atomic E-state index is 0.174. The highest BCUT2D eigenvalue weighted by Gasteiger charge is 2.34. The number of aliphatic hydroxyl groups excluding tert-OH is 1. The number of amides is 1. The molecule has 0 bridgehead atoms. The molecule has 0 saturated heterocycles. The zero-order valence-corrected chi connectivity index (χ0v) is 12.5. The zero-order chi connectivity index (χ0) is 15.5. The van der Waals surface area contributed by atoms with E-state index in [0.29, 0.717) is 5.16 Å². The van der Waals surface area contributed by atoms with Crippen LogP contribution in [0.3, 0.4) is 0 Å². The van der Waals surface area contributed by atoms with E-state index in [2.05, 4.69) is 10.6 Å². The van der Waals surface area contributed by atoms with E-state index in [1.54, 1.807) is 11.1 Å². The topological polar surface area (TPSA) is 64.6 Å². The van der Waals surface area contributed by atoms with Crippen molar-refractivity contribution >= 4 is 17.5 Å². The molecule has 3 N–H and O–H groups in total. The van der Waals surface area contributed by atoms with Gasteiger partial charge in [0.15, 0.2) is 6.17 Å². The van der Waals surface area contributed by atoms with Gasteiger partial charge in [0.05, 0.1) is 18.3 Å². The van der Waals surface area contributed by atoms with Gasteiger partial charge in [0, 0.05) is 6.20 Å². The van der Waals surface area contributed by atoms with Crippen LogP contribution in [0.25, 0.3) is 0 Å². The fourth-order valence-electron chi connectivity index (χ4n) is 2.49. The quantitative estimate of drug-likeness (QED) is 0.737. The normalized spacial score (nSPS) is 20.6. The number of hydrogen-bond acceptors (Lipinski definition) is 4. The number of hydrogen-bond donors (Lipinski definition) is 3. The smallest absolute Gasteiger partial charge is 0.264 e. The number of carbonyl (C=O) groups is 1. The number of carbonyl (C=O) groups excluding carboxylic acids is 1. The lowest BCUT2D eigenvalue weighted by Crippen LogP contribution is -2.49. The molecule has 0 aromatic heterocycles. The Morgan fingerprint density at radius 3 is 2.86 bits per heavy atom. The Balaban J connectivity index is 1.73. The molecule has 1 aromatic carbocycles. The van der Waals surface area contributed by atoms with Gasteiger partial charge in [0.2, 0.25) is 0 Å². The molecular weight excluding hydrogens is 302 g/mol. The summed E-state index contributed by atoms with van der Waals surface area (Å²) in [5.74, 6) is -0.254. The van der Waals surface area contributed by atoms with Crippen molar-refractivity contribution in [1.82, 2.24) is 15.5 Å². The first-order valence-electron chi connectivity index (χ1n) is 6.96. The van der Waals surface area contributed by atoms with Crippen molar-refractivity contribution in [1.29, 1.82) is 0 Å². The Morgan fingerprint density at radius 2 is 2.14 bits per heavy atom. The number of halogens is 1. The van der Waals surface area contributed by atoms with E-state index in [4.69, 9.17) is 11.6 Å². The lowest BCUT2D eigenvalue weighted by Gasteiger charge is -2.26. The molecule has 0 saturated carbocycles. The summed E-state index contributed by atoms with van der Waals surface area (Å²) in [6.07, 6.45) is 6.70. The maximum Gasteiger partial charge on any atom is 0.264 e. The van der Waals surface area contributed by atoms with Crippen LogP contribution in [-0.2, 0) is 4.79 Å². The summed E-state index contributed by atoms with van der Waals surface area (Å²) in [4.78, 5) is 14.3. The lowest BCUT2D eigenvalue weighted by molar-refractivity contribution is -0.126. The standard InChI is InChI=1S/C16H16ClN3O2/c17-14-13-8-4-5-9-20(13)15(19-14)16(22)18-12(10-21)11-6-2-1-3-7-11/h1-9,12,15,19,21H,10H2,(H,18,22)/t12-,15?/m1/s1. The molecule has 0 aliphatic carbocycles. The molecule has 1 unspecified atom stereocenters. The fourth-order valence-corrected chi connectivity index (χ4v) is 2.76. The number of allylic oxidation sites excluding steroid dienone is 3. The SMILES string of the molecule is O=C(N[C@H](CO)c1ccccc1)C1NC(Cl)=C2C=CC=CN21. The van der Waals surface area contributed by atoms with Gasteiger partial charge >= 0.3 is 0 Å². The van der Waals surface area contributed by atoms with Crippen molar-refractivity contribution < 1.29 is 9.90 Å². The maximum atomic E-state index is 12.5. The molecule has 2 aliphatic rings. The van der Waals surface area contributed by atoms with E-state index in [0.717, 1.165) is 11.3 Å². The van der Waals surface area contributed by atoms with Crippen molar-refractivity contribution in [3.63, 3.8) is 0 Å². The van der Waals surface area contributed by atoms with Crippen molar-refractivity contribution in [2.45, 2.75) is 12.2 Å². The molecular formula is C16H16ClN3O2. The van der Waals surface area contributed by atoms with Gasteiger partial charge in [-0.05, 0) is 17.7 Å². The second-order valence-corrected chi connectivity index (χ2v) is 5.39. The highest BCUT2D eigenvalue weighted by molar-refractivity contribution is 6.30. The average molecular weight is 318 g/mol. The van der Waals surface area contributed by atoms with Crippen molar-refractivity contribution in [2.24, 2.45) is 0 Å². The van der Waals surface area contributed by atoms with Crippen LogP contribution in [0.4, 0.5) is 0 Å². The van der Waals surface area contributed by atoms with Gasteiger partial charge in [-0.2, -0.15) is 0 Å². The number of fused-ring (bicyclic) bond motifs is 1. The Labute approximate surface area is 133 Å². The van der Waals surface area contributed by atoms with Gasteiger partial charge < -0.3 is 20.6 Å². The summed E-state index contributed by atoms with van der Waals surface area (Å²) >= 11 is 6.12. The van der Waals surface area contributed by atoms with E-state index < -0.39 is 12.2 Å². The maximum absolute atomic E-state index is 12.5. The summed E-state index contributed by atoms with van der Waals surface area (Å²) in [5.41, 5.74) is 1.61. The number of nitrogens with one attached hydrogen (secondary N) is 2. The van der Waals surface area contributed by atoms with Crippen molar-refractivity contribution in [3.8, 4) is 0 Å². The Morgan fingerprint density at radius 1 is 1.36 bits per heavy atom. The first kappa shape index (κ1) is 14.7. The third-order valence-electron chi connectivity index (χ3n) is 3.61. The Kier molecular flexibility index (Phi) is 4.18. The molecule has 5 nitrogen and oxygen atoms in total. The van der Waals surface area contributed by atoms with Crippen LogP contribution >= 0.6 is 11.6 Å². The second-order valence-electron chi connectivity index (χ2n) is 5.01. The van der Waals surface area contributed by atoms with E-state index in [-0.39, 0.29) is 12.5 Å². The van der Waals surface area contributed by atoms with Crippen LogP contribution in [-0.4, -0.2) is 28.7 Å². The molecule has 2 atom stereocenters. The van der Waals surface area contributed by atoms with Gasteiger partial charge in [0.25, 0.3) is 5.91 Å². The summed E-state index contributed by atoms with van der Waals surface area (Å²) in [6.45, 7) is -0.174. The molecule has 0 fully saturated rings. The van der Waals surface area contributed by atoms with Gasteiger partial charge in [-0.15, -0.1) is 0 Å². The number of nitrogens with zero attached hydrogens (tertiary/aromatic N) is 1. The first-order valence-corrected chi connectivity index (χ1v) is 7.34. The van der Waals surface area contributed by atoms with Gasteiger partial charge in [-0.3, -0.25) is 4.79 Å². The monoisotopic (exact) mass is 317 g/mol. The summed E-state index contributed by atoms with van der Waals surface area (Å²) in [5, 5.41) is 15.8. The van der Waals surface area contributed by atoms with E-state index >= 15 is 0 Å². The van der Waals surface area contributed by atoms with Crippen LogP contribution in [0.5, 0.6) is 0 Å². The van der Waals surface area contributed by atoms with Crippen LogP contribution in [0.15, 0.2) is 65.6 Å². The summed E-state index contributed by atoms with van der Waals surface area (Å²) < 4.78 is 0.